The highest BCUT2D eigenvalue weighted by Gasteiger charge is 2.37. The number of fused-ring (bicyclic) bond motifs is 1. The molecule has 2 aromatic carbocycles. The summed E-state index contributed by atoms with van der Waals surface area (Å²) in [5.74, 6) is -1.29. The molecule has 0 aromatic heterocycles. The molecular formula is C24H23N3O4. The van der Waals surface area contributed by atoms with Crippen molar-refractivity contribution in [1.82, 2.24) is 15.1 Å². The van der Waals surface area contributed by atoms with E-state index >= 15 is 0 Å². The second-order valence-electron chi connectivity index (χ2n) is 7.65. The summed E-state index contributed by atoms with van der Waals surface area (Å²) in [7, 11) is 0. The second-order valence-corrected chi connectivity index (χ2v) is 7.65. The third-order valence-electron chi connectivity index (χ3n) is 5.59. The average Bonchev–Trinajstić information content (AvgIpc) is 3.04. The summed E-state index contributed by atoms with van der Waals surface area (Å²) < 4.78 is 0. The lowest BCUT2D eigenvalue weighted by Gasteiger charge is -2.33. The van der Waals surface area contributed by atoms with Gasteiger partial charge in [-0.05, 0) is 36.6 Å². The first kappa shape index (κ1) is 20.5. The Kier molecular flexibility index (Phi) is 5.93. The molecule has 2 aliphatic rings. The highest BCUT2D eigenvalue weighted by Crippen LogP contribution is 2.22. The Morgan fingerprint density at radius 2 is 1.48 bits per heavy atom. The standard InChI is InChI=1S/C24H23N3O4/c28-21(11-10-17-6-2-1-3-7-17)25-18-12-14-26(15-13-18)22(29)16-27-23(30)19-8-4-5-9-20(19)24(27)31/h1-11,18H,12-16H2,(H,25,28)/b11-10+. The molecule has 0 spiro atoms. The fourth-order valence-electron chi connectivity index (χ4n) is 3.88. The van der Waals surface area contributed by atoms with Gasteiger partial charge >= 0.3 is 0 Å². The van der Waals surface area contributed by atoms with Crippen LogP contribution >= 0.6 is 0 Å². The molecule has 4 rings (SSSR count). The van der Waals surface area contributed by atoms with Crippen molar-refractivity contribution in [3.63, 3.8) is 0 Å². The van der Waals surface area contributed by atoms with Crippen LogP contribution in [-0.4, -0.2) is 59.1 Å². The number of rotatable bonds is 5. The molecule has 7 nitrogen and oxygen atoms in total. The van der Waals surface area contributed by atoms with Crippen LogP contribution in [0.5, 0.6) is 0 Å². The molecule has 4 amide bonds. The van der Waals surface area contributed by atoms with Gasteiger partial charge in [0.05, 0.1) is 11.1 Å². The van der Waals surface area contributed by atoms with Gasteiger partial charge in [0.2, 0.25) is 11.8 Å². The van der Waals surface area contributed by atoms with E-state index in [2.05, 4.69) is 5.32 Å². The molecule has 1 fully saturated rings. The van der Waals surface area contributed by atoms with Crippen molar-refractivity contribution >= 4 is 29.7 Å². The zero-order valence-corrected chi connectivity index (χ0v) is 17.0. The van der Waals surface area contributed by atoms with E-state index in [1.165, 1.54) is 6.08 Å². The van der Waals surface area contributed by atoms with Crippen molar-refractivity contribution < 1.29 is 19.2 Å². The van der Waals surface area contributed by atoms with E-state index in [4.69, 9.17) is 0 Å². The highest BCUT2D eigenvalue weighted by atomic mass is 16.2. The molecule has 0 bridgehead atoms. The number of piperidine rings is 1. The van der Waals surface area contributed by atoms with Crippen LogP contribution in [0, 0.1) is 0 Å². The normalized spacial score (nSPS) is 16.6. The molecule has 2 aliphatic heterocycles. The molecule has 0 unspecified atom stereocenters. The van der Waals surface area contributed by atoms with E-state index in [0.717, 1.165) is 10.5 Å². The van der Waals surface area contributed by atoms with Crippen LogP contribution < -0.4 is 5.32 Å². The average molecular weight is 417 g/mol. The molecular weight excluding hydrogens is 394 g/mol. The maximum absolute atomic E-state index is 12.7. The van der Waals surface area contributed by atoms with Crippen molar-refractivity contribution in [2.24, 2.45) is 0 Å². The lowest BCUT2D eigenvalue weighted by molar-refractivity contribution is -0.132. The Balaban J connectivity index is 1.26. The van der Waals surface area contributed by atoms with E-state index in [0.29, 0.717) is 37.1 Å². The molecule has 0 radical (unpaired) electrons. The van der Waals surface area contributed by atoms with Crippen LogP contribution in [0.4, 0.5) is 0 Å². The minimum Gasteiger partial charge on any atom is -0.350 e. The molecule has 31 heavy (non-hydrogen) atoms. The number of amides is 4. The quantitative estimate of drug-likeness (QED) is 0.596. The van der Waals surface area contributed by atoms with Crippen LogP contribution in [0.1, 0.15) is 39.1 Å². The number of nitrogens with one attached hydrogen (secondary N) is 1. The van der Waals surface area contributed by atoms with Crippen LogP contribution in [-0.2, 0) is 9.59 Å². The zero-order chi connectivity index (χ0) is 21.8. The van der Waals surface area contributed by atoms with Gasteiger partial charge in [-0.1, -0.05) is 42.5 Å². The maximum atomic E-state index is 12.7. The number of nitrogens with zero attached hydrogens (tertiary/aromatic N) is 2. The first-order valence-electron chi connectivity index (χ1n) is 10.3. The molecule has 1 saturated heterocycles. The fraction of sp³-hybridized carbons (Fsp3) is 0.250. The van der Waals surface area contributed by atoms with E-state index in [1.54, 1.807) is 35.2 Å². The topological polar surface area (TPSA) is 86.8 Å². The number of hydrogen-bond donors (Lipinski definition) is 1. The third kappa shape index (κ3) is 4.55. The van der Waals surface area contributed by atoms with Gasteiger partial charge in [-0.15, -0.1) is 0 Å². The van der Waals surface area contributed by atoms with Crippen molar-refractivity contribution in [2.45, 2.75) is 18.9 Å². The third-order valence-corrected chi connectivity index (χ3v) is 5.59. The van der Waals surface area contributed by atoms with E-state index in [9.17, 15) is 19.2 Å². The summed E-state index contributed by atoms with van der Waals surface area (Å²) in [6.45, 7) is 0.674. The predicted molar refractivity (Wildman–Crippen MR) is 115 cm³/mol. The van der Waals surface area contributed by atoms with Gasteiger partial charge in [0.1, 0.15) is 6.54 Å². The van der Waals surface area contributed by atoms with Crippen molar-refractivity contribution in [1.29, 1.82) is 0 Å². The van der Waals surface area contributed by atoms with Crippen LogP contribution in [0.2, 0.25) is 0 Å². The van der Waals surface area contributed by atoms with Crippen LogP contribution in [0.25, 0.3) is 6.08 Å². The van der Waals surface area contributed by atoms with Gasteiger partial charge in [-0.25, -0.2) is 0 Å². The summed E-state index contributed by atoms with van der Waals surface area (Å²) in [5.41, 5.74) is 1.63. The first-order valence-corrected chi connectivity index (χ1v) is 10.3. The summed E-state index contributed by atoms with van der Waals surface area (Å²) in [5, 5.41) is 2.97. The number of hydrogen-bond acceptors (Lipinski definition) is 4. The van der Waals surface area contributed by atoms with Crippen molar-refractivity contribution in [3.05, 3.63) is 77.4 Å². The lowest BCUT2D eigenvalue weighted by atomic mass is 10.0. The van der Waals surface area contributed by atoms with E-state index in [-0.39, 0.29) is 24.4 Å². The summed E-state index contributed by atoms with van der Waals surface area (Å²) in [6, 6.07) is 16.1. The number of carbonyl (C=O) groups excluding carboxylic acids is 4. The fourth-order valence-corrected chi connectivity index (χ4v) is 3.88. The van der Waals surface area contributed by atoms with Crippen molar-refractivity contribution in [2.75, 3.05) is 19.6 Å². The van der Waals surface area contributed by atoms with Crippen molar-refractivity contribution in [3.8, 4) is 0 Å². The van der Waals surface area contributed by atoms with Crippen LogP contribution in [0.15, 0.2) is 60.7 Å². The SMILES string of the molecule is O=C(/C=C/c1ccccc1)NC1CCN(C(=O)CN2C(=O)c3ccccc3C2=O)CC1. The molecule has 7 heteroatoms. The van der Waals surface area contributed by atoms with Gasteiger partial charge in [0, 0.05) is 25.2 Å². The largest absolute Gasteiger partial charge is 0.350 e. The van der Waals surface area contributed by atoms with Gasteiger partial charge in [-0.3, -0.25) is 24.1 Å². The molecule has 0 aliphatic carbocycles. The zero-order valence-electron chi connectivity index (χ0n) is 17.0. The number of likely N-dealkylation sites (tertiary alicyclic amines) is 1. The predicted octanol–water partition coefficient (Wildman–Crippen LogP) is 2.10. The maximum Gasteiger partial charge on any atom is 0.262 e. The van der Waals surface area contributed by atoms with Gasteiger partial charge in [-0.2, -0.15) is 0 Å². The number of imide groups is 1. The number of carbonyl (C=O) groups is 4. The Labute approximate surface area is 180 Å². The van der Waals surface area contributed by atoms with E-state index < -0.39 is 11.8 Å². The Bertz CT molecular complexity index is 1000. The minimum atomic E-state index is -0.429. The molecule has 0 saturated carbocycles. The Morgan fingerprint density at radius 3 is 2.10 bits per heavy atom. The first-order chi connectivity index (χ1) is 15.0. The molecule has 2 heterocycles. The molecule has 0 atom stereocenters. The van der Waals surface area contributed by atoms with Gasteiger partial charge < -0.3 is 10.2 Å². The second kappa shape index (κ2) is 8.95. The Morgan fingerprint density at radius 1 is 0.903 bits per heavy atom. The minimum absolute atomic E-state index is 0.0173. The van der Waals surface area contributed by atoms with Crippen LogP contribution in [0.3, 0.4) is 0 Å². The highest BCUT2D eigenvalue weighted by molar-refractivity contribution is 6.22. The number of benzene rings is 2. The Hall–Kier alpha value is -3.74. The molecule has 2 aromatic rings. The lowest BCUT2D eigenvalue weighted by Crippen LogP contribution is -2.49. The van der Waals surface area contributed by atoms with Gasteiger partial charge in [0.25, 0.3) is 11.8 Å². The van der Waals surface area contributed by atoms with Gasteiger partial charge in [0.15, 0.2) is 0 Å². The smallest absolute Gasteiger partial charge is 0.262 e. The monoisotopic (exact) mass is 417 g/mol. The summed E-state index contributed by atoms with van der Waals surface area (Å²) >= 11 is 0. The summed E-state index contributed by atoms with van der Waals surface area (Å²) in [4.78, 5) is 52.4. The summed E-state index contributed by atoms with van der Waals surface area (Å²) in [6.07, 6.45) is 4.52. The molecule has 158 valence electrons. The molecule has 1 N–H and O–H groups in total. The van der Waals surface area contributed by atoms with E-state index in [1.807, 2.05) is 30.3 Å².